The van der Waals surface area contributed by atoms with Crippen molar-refractivity contribution in [2.45, 2.75) is 39.7 Å². The number of rotatable bonds is 6. The summed E-state index contributed by atoms with van der Waals surface area (Å²) in [7, 11) is 0. The summed E-state index contributed by atoms with van der Waals surface area (Å²) in [5.41, 5.74) is 6.73. The highest BCUT2D eigenvalue weighted by Crippen LogP contribution is 2.15. The van der Waals surface area contributed by atoms with Gasteiger partial charge in [0.25, 0.3) is 0 Å². The van der Waals surface area contributed by atoms with Gasteiger partial charge in [-0.25, -0.2) is 9.97 Å². The van der Waals surface area contributed by atoms with Crippen molar-refractivity contribution in [1.82, 2.24) is 9.97 Å². The Morgan fingerprint density at radius 1 is 1.25 bits per heavy atom. The van der Waals surface area contributed by atoms with Crippen LogP contribution in [0.25, 0.3) is 0 Å². The van der Waals surface area contributed by atoms with Crippen molar-refractivity contribution in [3.63, 3.8) is 0 Å². The molecule has 1 aromatic heterocycles. The number of nitrogens with two attached hydrogens (primary N) is 1. The van der Waals surface area contributed by atoms with Crippen LogP contribution in [0.1, 0.15) is 32.3 Å². The SMILES string of the molecule is CCC(CC)N(CCN)c1ncc(C)cn1. The van der Waals surface area contributed by atoms with Gasteiger partial charge in [0.1, 0.15) is 0 Å². The van der Waals surface area contributed by atoms with Crippen molar-refractivity contribution in [2.24, 2.45) is 5.73 Å². The van der Waals surface area contributed by atoms with Crippen LogP contribution in [0.2, 0.25) is 0 Å². The van der Waals surface area contributed by atoms with Crippen molar-refractivity contribution >= 4 is 5.95 Å². The molecule has 0 unspecified atom stereocenters. The van der Waals surface area contributed by atoms with E-state index < -0.39 is 0 Å². The van der Waals surface area contributed by atoms with Crippen molar-refractivity contribution in [2.75, 3.05) is 18.0 Å². The Hall–Kier alpha value is -1.16. The maximum Gasteiger partial charge on any atom is 0.225 e. The van der Waals surface area contributed by atoms with Crippen LogP contribution in [0.3, 0.4) is 0 Å². The summed E-state index contributed by atoms with van der Waals surface area (Å²) >= 11 is 0. The van der Waals surface area contributed by atoms with E-state index in [9.17, 15) is 0 Å². The molecule has 0 bridgehead atoms. The van der Waals surface area contributed by atoms with Crippen molar-refractivity contribution in [1.29, 1.82) is 0 Å². The van der Waals surface area contributed by atoms with E-state index in [1.165, 1.54) is 0 Å². The average molecular weight is 222 g/mol. The van der Waals surface area contributed by atoms with Crippen LogP contribution in [0, 0.1) is 6.92 Å². The second-order valence-corrected chi connectivity index (χ2v) is 4.01. The number of aromatic nitrogens is 2. The number of hydrogen-bond donors (Lipinski definition) is 1. The van der Waals surface area contributed by atoms with Crippen molar-refractivity contribution < 1.29 is 0 Å². The summed E-state index contributed by atoms with van der Waals surface area (Å²) in [6, 6.07) is 0.478. The minimum Gasteiger partial charge on any atom is -0.337 e. The number of anilines is 1. The van der Waals surface area contributed by atoms with E-state index >= 15 is 0 Å². The van der Waals surface area contributed by atoms with Crippen LogP contribution in [0.5, 0.6) is 0 Å². The summed E-state index contributed by atoms with van der Waals surface area (Å²) in [6.07, 6.45) is 5.89. The number of hydrogen-bond acceptors (Lipinski definition) is 4. The molecule has 4 heteroatoms. The van der Waals surface area contributed by atoms with Crippen LogP contribution in [0.4, 0.5) is 5.95 Å². The molecule has 0 amide bonds. The highest BCUT2D eigenvalue weighted by atomic mass is 15.3. The van der Waals surface area contributed by atoms with E-state index in [-0.39, 0.29) is 0 Å². The molecule has 0 aliphatic heterocycles. The van der Waals surface area contributed by atoms with E-state index in [1.807, 2.05) is 19.3 Å². The third-order valence-electron chi connectivity index (χ3n) is 2.78. The quantitative estimate of drug-likeness (QED) is 0.796. The molecule has 0 saturated carbocycles. The number of nitrogens with zero attached hydrogens (tertiary/aromatic N) is 3. The van der Waals surface area contributed by atoms with Crippen LogP contribution in [-0.2, 0) is 0 Å². The maximum atomic E-state index is 5.65. The molecule has 4 nitrogen and oxygen atoms in total. The predicted octanol–water partition coefficient (Wildman–Crippen LogP) is 1.74. The molecule has 0 aliphatic carbocycles. The molecule has 0 spiro atoms. The molecule has 0 atom stereocenters. The lowest BCUT2D eigenvalue weighted by Crippen LogP contribution is -2.39. The molecule has 2 N–H and O–H groups in total. The average Bonchev–Trinajstić information content (AvgIpc) is 2.31. The molecule has 0 aliphatic rings. The maximum absolute atomic E-state index is 5.65. The first kappa shape index (κ1) is 12.9. The molecule has 0 aromatic carbocycles. The van der Waals surface area contributed by atoms with Gasteiger partial charge in [0, 0.05) is 31.5 Å². The fourth-order valence-corrected chi connectivity index (χ4v) is 1.85. The largest absolute Gasteiger partial charge is 0.337 e. The molecule has 16 heavy (non-hydrogen) atoms. The van der Waals surface area contributed by atoms with Gasteiger partial charge in [-0.15, -0.1) is 0 Å². The fraction of sp³-hybridized carbons (Fsp3) is 0.667. The third kappa shape index (κ3) is 3.17. The molecule has 1 rings (SSSR count). The van der Waals surface area contributed by atoms with Gasteiger partial charge in [0.2, 0.25) is 5.95 Å². The Bertz CT molecular complexity index is 292. The minimum atomic E-state index is 0.478. The fourth-order valence-electron chi connectivity index (χ4n) is 1.85. The first-order valence-electron chi connectivity index (χ1n) is 5.98. The topological polar surface area (TPSA) is 55.0 Å². The van der Waals surface area contributed by atoms with Crippen LogP contribution in [0.15, 0.2) is 12.4 Å². The molecule has 1 aromatic rings. The first-order valence-corrected chi connectivity index (χ1v) is 5.98. The summed E-state index contributed by atoms with van der Waals surface area (Å²) in [6.45, 7) is 7.81. The summed E-state index contributed by atoms with van der Waals surface area (Å²) in [4.78, 5) is 11.0. The van der Waals surface area contributed by atoms with Crippen molar-refractivity contribution in [3.05, 3.63) is 18.0 Å². The van der Waals surface area contributed by atoms with Gasteiger partial charge in [-0.1, -0.05) is 13.8 Å². The zero-order chi connectivity index (χ0) is 12.0. The Balaban J connectivity index is 2.87. The molecule has 0 saturated heterocycles. The molecule has 90 valence electrons. The normalized spacial score (nSPS) is 10.8. The summed E-state index contributed by atoms with van der Waals surface area (Å²) < 4.78 is 0. The smallest absolute Gasteiger partial charge is 0.225 e. The van der Waals surface area contributed by atoms with Gasteiger partial charge in [0.05, 0.1) is 0 Å². The first-order chi connectivity index (χ1) is 7.72. The Morgan fingerprint density at radius 2 is 1.81 bits per heavy atom. The lowest BCUT2D eigenvalue weighted by molar-refractivity contribution is 0.548. The Labute approximate surface area is 97.9 Å². The second-order valence-electron chi connectivity index (χ2n) is 4.01. The van der Waals surface area contributed by atoms with E-state index in [4.69, 9.17) is 5.73 Å². The second kappa shape index (κ2) is 6.43. The highest BCUT2D eigenvalue weighted by molar-refractivity contribution is 5.31. The standard InChI is InChI=1S/C12H22N4/c1-4-11(5-2)16(7-6-13)12-14-8-10(3)9-15-12/h8-9,11H,4-7,13H2,1-3H3. The Kier molecular flexibility index (Phi) is 5.19. The predicted molar refractivity (Wildman–Crippen MR) is 67.5 cm³/mol. The zero-order valence-corrected chi connectivity index (χ0v) is 10.5. The minimum absolute atomic E-state index is 0.478. The van der Waals surface area contributed by atoms with Gasteiger partial charge in [0.15, 0.2) is 0 Å². The van der Waals surface area contributed by atoms with Crippen molar-refractivity contribution in [3.8, 4) is 0 Å². The molecular formula is C12H22N4. The zero-order valence-electron chi connectivity index (χ0n) is 10.5. The van der Waals surface area contributed by atoms with Crippen LogP contribution >= 0.6 is 0 Å². The van der Waals surface area contributed by atoms with Gasteiger partial charge < -0.3 is 10.6 Å². The molecule has 1 heterocycles. The summed E-state index contributed by atoms with van der Waals surface area (Å²) in [5.74, 6) is 0.796. The van der Waals surface area contributed by atoms with E-state index in [1.54, 1.807) is 0 Å². The lowest BCUT2D eigenvalue weighted by atomic mass is 10.1. The lowest BCUT2D eigenvalue weighted by Gasteiger charge is -2.30. The molecular weight excluding hydrogens is 200 g/mol. The third-order valence-corrected chi connectivity index (χ3v) is 2.78. The molecule has 0 fully saturated rings. The monoisotopic (exact) mass is 222 g/mol. The van der Waals surface area contributed by atoms with E-state index in [2.05, 4.69) is 28.7 Å². The van der Waals surface area contributed by atoms with Crippen LogP contribution in [-0.4, -0.2) is 29.1 Å². The Morgan fingerprint density at radius 3 is 2.25 bits per heavy atom. The van der Waals surface area contributed by atoms with Gasteiger partial charge >= 0.3 is 0 Å². The van der Waals surface area contributed by atoms with E-state index in [0.29, 0.717) is 12.6 Å². The summed E-state index contributed by atoms with van der Waals surface area (Å²) in [5, 5.41) is 0. The van der Waals surface area contributed by atoms with Gasteiger partial charge in [-0.05, 0) is 25.3 Å². The number of aryl methyl sites for hydroxylation is 1. The molecule has 0 radical (unpaired) electrons. The van der Waals surface area contributed by atoms with E-state index in [0.717, 1.165) is 30.9 Å². The van der Waals surface area contributed by atoms with Gasteiger partial charge in [-0.3, -0.25) is 0 Å². The highest BCUT2D eigenvalue weighted by Gasteiger charge is 2.16. The van der Waals surface area contributed by atoms with Gasteiger partial charge in [-0.2, -0.15) is 0 Å². The van der Waals surface area contributed by atoms with Crippen LogP contribution < -0.4 is 10.6 Å².